The molecule has 0 aliphatic heterocycles. The first kappa shape index (κ1) is 15.2. The number of carbonyl (C=O) groups excluding carboxylic acids is 1. The van der Waals surface area contributed by atoms with E-state index < -0.39 is 0 Å². The number of benzene rings is 2. The quantitative estimate of drug-likeness (QED) is 0.602. The van der Waals surface area contributed by atoms with E-state index in [9.17, 15) is 4.79 Å². The molecule has 0 fully saturated rings. The maximum atomic E-state index is 11.6. The van der Waals surface area contributed by atoms with Crippen molar-refractivity contribution in [2.75, 3.05) is 13.7 Å². The lowest BCUT2D eigenvalue weighted by Gasteiger charge is -2.07. The average Bonchev–Trinajstić information content (AvgIpc) is 2.48. The summed E-state index contributed by atoms with van der Waals surface area (Å²) < 4.78 is 15.6. The molecule has 0 aromatic heterocycles. The number of halogens is 1. The van der Waals surface area contributed by atoms with Crippen LogP contribution < -0.4 is 14.2 Å². The lowest BCUT2D eigenvalue weighted by Crippen LogP contribution is -2.12. The van der Waals surface area contributed by atoms with Crippen molar-refractivity contribution >= 4 is 17.6 Å². The van der Waals surface area contributed by atoms with Gasteiger partial charge in [-0.1, -0.05) is 17.7 Å². The van der Waals surface area contributed by atoms with Gasteiger partial charge in [-0.15, -0.1) is 0 Å². The third kappa shape index (κ3) is 5.00. The third-order valence-electron chi connectivity index (χ3n) is 2.66. The Hall–Kier alpha value is -2.20. The van der Waals surface area contributed by atoms with Gasteiger partial charge in [-0.3, -0.25) is 4.79 Å². The van der Waals surface area contributed by atoms with E-state index in [0.29, 0.717) is 16.5 Å². The van der Waals surface area contributed by atoms with Crippen molar-refractivity contribution in [3.63, 3.8) is 0 Å². The van der Waals surface area contributed by atoms with E-state index >= 15 is 0 Å². The number of esters is 1. The Labute approximate surface area is 128 Å². The van der Waals surface area contributed by atoms with Crippen molar-refractivity contribution in [1.82, 2.24) is 0 Å². The largest absolute Gasteiger partial charge is 0.497 e. The molecular weight excluding hydrogens is 292 g/mol. The van der Waals surface area contributed by atoms with Crippen LogP contribution >= 0.6 is 11.6 Å². The SMILES string of the molecule is COc1ccc(OCCC(=O)Oc2cccc(Cl)c2)cc1. The van der Waals surface area contributed by atoms with Crippen LogP contribution in [0.3, 0.4) is 0 Å². The molecule has 0 saturated heterocycles. The molecule has 0 N–H and O–H groups in total. The number of hydrogen-bond donors (Lipinski definition) is 0. The summed E-state index contributed by atoms with van der Waals surface area (Å²) in [4.78, 5) is 11.6. The molecule has 0 saturated carbocycles. The summed E-state index contributed by atoms with van der Waals surface area (Å²) in [6.45, 7) is 0.242. The second-order valence-electron chi connectivity index (χ2n) is 4.21. The van der Waals surface area contributed by atoms with Gasteiger partial charge >= 0.3 is 5.97 Å². The van der Waals surface area contributed by atoms with Crippen LogP contribution in [0, 0.1) is 0 Å². The highest BCUT2D eigenvalue weighted by Gasteiger charge is 2.06. The Morgan fingerprint density at radius 2 is 1.76 bits per heavy atom. The van der Waals surface area contributed by atoms with Gasteiger partial charge in [0.25, 0.3) is 0 Å². The van der Waals surface area contributed by atoms with Crippen LogP contribution in [0.1, 0.15) is 6.42 Å². The maximum absolute atomic E-state index is 11.6. The highest BCUT2D eigenvalue weighted by Crippen LogP contribution is 2.18. The van der Waals surface area contributed by atoms with Gasteiger partial charge in [0.15, 0.2) is 0 Å². The lowest BCUT2D eigenvalue weighted by atomic mass is 10.3. The maximum Gasteiger partial charge on any atom is 0.314 e. The van der Waals surface area contributed by atoms with Crippen LogP contribution in [0.25, 0.3) is 0 Å². The van der Waals surface area contributed by atoms with Gasteiger partial charge < -0.3 is 14.2 Å². The molecule has 0 bridgehead atoms. The molecule has 0 spiro atoms. The molecule has 2 rings (SSSR count). The summed E-state index contributed by atoms with van der Waals surface area (Å²) in [6, 6.07) is 13.8. The average molecular weight is 307 g/mol. The Morgan fingerprint density at radius 1 is 1.05 bits per heavy atom. The highest BCUT2D eigenvalue weighted by molar-refractivity contribution is 6.30. The molecule has 0 aliphatic carbocycles. The molecule has 2 aromatic rings. The molecule has 0 heterocycles. The van der Waals surface area contributed by atoms with Gasteiger partial charge in [-0.2, -0.15) is 0 Å². The van der Waals surface area contributed by atoms with E-state index in [0.717, 1.165) is 5.75 Å². The minimum Gasteiger partial charge on any atom is -0.497 e. The fourth-order valence-corrected chi connectivity index (χ4v) is 1.82. The molecular formula is C16H15ClO4. The first-order chi connectivity index (χ1) is 10.2. The normalized spacial score (nSPS) is 10.0. The zero-order valence-electron chi connectivity index (χ0n) is 11.5. The van der Waals surface area contributed by atoms with E-state index in [4.69, 9.17) is 25.8 Å². The van der Waals surface area contributed by atoms with Crippen LogP contribution in [-0.4, -0.2) is 19.7 Å². The van der Waals surface area contributed by atoms with Gasteiger partial charge in [0, 0.05) is 5.02 Å². The zero-order chi connectivity index (χ0) is 15.1. The standard InChI is InChI=1S/C16H15ClO4/c1-19-13-5-7-14(8-6-13)20-10-9-16(18)21-15-4-2-3-12(17)11-15/h2-8,11H,9-10H2,1H3. The number of hydrogen-bond acceptors (Lipinski definition) is 4. The van der Waals surface area contributed by atoms with Gasteiger partial charge in [0.2, 0.25) is 0 Å². The van der Waals surface area contributed by atoms with Crippen molar-refractivity contribution in [3.8, 4) is 17.2 Å². The van der Waals surface area contributed by atoms with Crippen molar-refractivity contribution in [3.05, 3.63) is 53.6 Å². The van der Waals surface area contributed by atoms with Crippen molar-refractivity contribution in [2.45, 2.75) is 6.42 Å². The van der Waals surface area contributed by atoms with Gasteiger partial charge in [-0.25, -0.2) is 0 Å². The summed E-state index contributed by atoms with van der Waals surface area (Å²) in [5.41, 5.74) is 0. The summed E-state index contributed by atoms with van der Waals surface area (Å²) in [7, 11) is 1.60. The van der Waals surface area contributed by atoms with Gasteiger partial charge in [0.1, 0.15) is 17.2 Å². The Kier molecular flexibility index (Phi) is 5.46. The van der Waals surface area contributed by atoms with Gasteiger partial charge in [0.05, 0.1) is 20.1 Å². The van der Waals surface area contributed by atoms with Crippen LogP contribution in [0.4, 0.5) is 0 Å². The Morgan fingerprint density at radius 3 is 2.43 bits per heavy atom. The molecule has 0 aliphatic rings. The fraction of sp³-hybridized carbons (Fsp3) is 0.188. The molecule has 110 valence electrons. The summed E-state index contributed by atoms with van der Waals surface area (Å²) in [5.74, 6) is 1.48. The smallest absolute Gasteiger partial charge is 0.314 e. The van der Waals surface area contributed by atoms with Crippen LogP contribution in [0.15, 0.2) is 48.5 Å². The molecule has 21 heavy (non-hydrogen) atoms. The Bertz CT molecular complexity index is 595. The summed E-state index contributed by atoms with van der Waals surface area (Å²) in [5, 5.41) is 0.523. The predicted molar refractivity (Wildman–Crippen MR) is 80.2 cm³/mol. The van der Waals surface area contributed by atoms with E-state index in [2.05, 4.69) is 0 Å². The minimum absolute atomic E-state index is 0.151. The van der Waals surface area contributed by atoms with E-state index in [-0.39, 0.29) is 19.0 Å². The molecule has 0 amide bonds. The number of carbonyl (C=O) groups is 1. The van der Waals surface area contributed by atoms with E-state index in [1.165, 1.54) is 0 Å². The highest BCUT2D eigenvalue weighted by atomic mass is 35.5. The van der Waals surface area contributed by atoms with Crippen molar-refractivity contribution in [1.29, 1.82) is 0 Å². The van der Waals surface area contributed by atoms with Gasteiger partial charge in [-0.05, 0) is 42.5 Å². The molecule has 2 aromatic carbocycles. The summed E-state index contributed by atoms with van der Waals surface area (Å²) >= 11 is 5.81. The zero-order valence-corrected chi connectivity index (χ0v) is 12.3. The number of ether oxygens (including phenoxy) is 3. The second kappa shape index (κ2) is 7.55. The van der Waals surface area contributed by atoms with Crippen molar-refractivity contribution in [2.24, 2.45) is 0 Å². The van der Waals surface area contributed by atoms with Crippen LogP contribution in [0.5, 0.6) is 17.2 Å². The molecule has 5 heteroatoms. The molecule has 0 unspecified atom stereocenters. The number of rotatable bonds is 6. The molecule has 0 radical (unpaired) electrons. The first-order valence-electron chi connectivity index (χ1n) is 6.40. The predicted octanol–water partition coefficient (Wildman–Crippen LogP) is 3.72. The summed E-state index contributed by atoms with van der Waals surface area (Å²) in [6.07, 6.45) is 0.151. The first-order valence-corrected chi connectivity index (χ1v) is 6.78. The minimum atomic E-state index is -0.370. The molecule has 0 atom stereocenters. The monoisotopic (exact) mass is 306 g/mol. The van der Waals surface area contributed by atoms with E-state index in [1.807, 2.05) is 0 Å². The third-order valence-corrected chi connectivity index (χ3v) is 2.90. The van der Waals surface area contributed by atoms with Crippen LogP contribution in [0.2, 0.25) is 5.02 Å². The number of methoxy groups -OCH3 is 1. The molecule has 4 nitrogen and oxygen atoms in total. The second-order valence-corrected chi connectivity index (χ2v) is 4.64. The Balaban J connectivity index is 1.76. The topological polar surface area (TPSA) is 44.8 Å². The van der Waals surface area contributed by atoms with Crippen LogP contribution in [-0.2, 0) is 4.79 Å². The fourth-order valence-electron chi connectivity index (χ4n) is 1.64. The van der Waals surface area contributed by atoms with Crippen molar-refractivity contribution < 1.29 is 19.0 Å². The lowest BCUT2D eigenvalue weighted by molar-refractivity contribution is -0.134. The van der Waals surface area contributed by atoms with E-state index in [1.54, 1.807) is 55.6 Å².